The predicted molar refractivity (Wildman–Crippen MR) is 45.5 cm³/mol. The van der Waals surface area contributed by atoms with Gasteiger partial charge in [-0.3, -0.25) is 5.32 Å². The van der Waals surface area contributed by atoms with Gasteiger partial charge in [0, 0.05) is 26.2 Å². The molecular formula is C8H18N2O. The van der Waals surface area contributed by atoms with Gasteiger partial charge in [-0.1, -0.05) is 13.3 Å². The van der Waals surface area contributed by atoms with Gasteiger partial charge >= 0.3 is 0 Å². The van der Waals surface area contributed by atoms with Gasteiger partial charge in [0.25, 0.3) is 0 Å². The van der Waals surface area contributed by atoms with Gasteiger partial charge in [0.15, 0.2) is 0 Å². The first-order valence-corrected chi connectivity index (χ1v) is 4.38. The van der Waals surface area contributed by atoms with Crippen molar-refractivity contribution < 1.29 is 4.74 Å². The van der Waals surface area contributed by atoms with Crippen molar-refractivity contribution in [2.45, 2.75) is 32.0 Å². The van der Waals surface area contributed by atoms with E-state index in [9.17, 15) is 0 Å². The van der Waals surface area contributed by atoms with Crippen LogP contribution in [0.1, 0.15) is 19.8 Å². The molecule has 1 aliphatic heterocycles. The van der Waals surface area contributed by atoms with Gasteiger partial charge in [-0.15, -0.1) is 0 Å². The number of methoxy groups -OCH3 is 1. The molecule has 1 heterocycles. The average molecular weight is 158 g/mol. The van der Waals surface area contributed by atoms with Crippen molar-refractivity contribution >= 4 is 0 Å². The van der Waals surface area contributed by atoms with Gasteiger partial charge in [0.1, 0.15) is 6.23 Å². The van der Waals surface area contributed by atoms with Crippen LogP contribution in [0.5, 0.6) is 0 Å². The van der Waals surface area contributed by atoms with Crippen LogP contribution in [0.15, 0.2) is 0 Å². The van der Waals surface area contributed by atoms with Gasteiger partial charge in [0.05, 0.1) is 0 Å². The van der Waals surface area contributed by atoms with Crippen LogP contribution < -0.4 is 10.6 Å². The van der Waals surface area contributed by atoms with Crippen molar-refractivity contribution in [1.82, 2.24) is 10.6 Å². The highest BCUT2D eigenvalue weighted by Crippen LogP contribution is 2.05. The molecule has 0 bridgehead atoms. The maximum atomic E-state index is 5.28. The molecule has 0 unspecified atom stereocenters. The first-order valence-electron chi connectivity index (χ1n) is 4.38. The molecule has 11 heavy (non-hydrogen) atoms. The Labute approximate surface area is 68.5 Å². The Kier molecular flexibility index (Phi) is 3.83. The van der Waals surface area contributed by atoms with Crippen LogP contribution in [-0.4, -0.2) is 32.5 Å². The standard InChI is InChI=1S/C8H18N2O/c1-3-4-7-8(11-2)10-6-5-9-7/h7-10H,3-6H2,1-2H3/t7-,8+/m0/s1. The Morgan fingerprint density at radius 1 is 1.36 bits per heavy atom. The van der Waals surface area contributed by atoms with E-state index in [1.807, 2.05) is 0 Å². The molecule has 2 atom stereocenters. The maximum Gasteiger partial charge on any atom is 0.123 e. The summed E-state index contributed by atoms with van der Waals surface area (Å²) >= 11 is 0. The summed E-state index contributed by atoms with van der Waals surface area (Å²) in [4.78, 5) is 0. The molecule has 0 aromatic rings. The molecular weight excluding hydrogens is 140 g/mol. The second kappa shape index (κ2) is 4.70. The summed E-state index contributed by atoms with van der Waals surface area (Å²) < 4.78 is 5.28. The molecule has 0 aromatic carbocycles. The summed E-state index contributed by atoms with van der Waals surface area (Å²) in [6, 6.07) is 0.499. The largest absolute Gasteiger partial charge is 0.365 e. The third kappa shape index (κ3) is 2.43. The van der Waals surface area contributed by atoms with E-state index in [1.165, 1.54) is 12.8 Å². The lowest BCUT2D eigenvalue weighted by Crippen LogP contribution is -2.56. The van der Waals surface area contributed by atoms with Crippen molar-refractivity contribution in [3.63, 3.8) is 0 Å². The van der Waals surface area contributed by atoms with Crippen LogP contribution in [0.3, 0.4) is 0 Å². The molecule has 3 nitrogen and oxygen atoms in total. The maximum absolute atomic E-state index is 5.28. The molecule has 1 saturated heterocycles. The second-order valence-electron chi connectivity index (χ2n) is 2.96. The molecule has 0 spiro atoms. The summed E-state index contributed by atoms with van der Waals surface area (Å²) in [6.45, 7) is 4.27. The van der Waals surface area contributed by atoms with E-state index in [1.54, 1.807) is 7.11 Å². The zero-order valence-corrected chi connectivity index (χ0v) is 7.39. The first kappa shape index (κ1) is 8.97. The number of hydrogen-bond acceptors (Lipinski definition) is 3. The smallest absolute Gasteiger partial charge is 0.123 e. The van der Waals surface area contributed by atoms with Crippen LogP contribution in [0.4, 0.5) is 0 Å². The van der Waals surface area contributed by atoms with Crippen LogP contribution >= 0.6 is 0 Å². The minimum absolute atomic E-state index is 0.212. The van der Waals surface area contributed by atoms with Crippen molar-refractivity contribution in [1.29, 1.82) is 0 Å². The molecule has 1 fully saturated rings. The van der Waals surface area contributed by atoms with Gasteiger partial charge in [-0.2, -0.15) is 0 Å². The molecule has 1 rings (SSSR count). The third-order valence-electron chi connectivity index (χ3n) is 2.10. The van der Waals surface area contributed by atoms with Crippen LogP contribution in [-0.2, 0) is 4.74 Å². The van der Waals surface area contributed by atoms with E-state index in [-0.39, 0.29) is 6.23 Å². The Hall–Kier alpha value is -0.120. The fraction of sp³-hybridized carbons (Fsp3) is 1.00. The number of nitrogens with one attached hydrogen (secondary N) is 2. The summed E-state index contributed by atoms with van der Waals surface area (Å²) in [6.07, 6.45) is 2.61. The lowest BCUT2D eigenvalue weighted by molar-refractivity contribution is 0.0250. The van der Waals surface area contributed by atoms with Crippen molar-refractivity contribution in [2.24, 2.45) is 0 Å². The van der Waals surface area contributed by atoms with Crippen LogP contribution in [0, 0.1) is 0 Å². The zero-order valence-electron chi connectivity index (χ0n) is 7.39. The monoisotopic (exact) mass is 158 g/mol. The Morgan fingerprint density at radius 3 is 2.73 bits per heavy atom. The van der Waals surface area contributed by atoms with Gasteiger partial charge in [0.2, 0.25) is 0 Å². The lowest BCUT2D eigenvalue weighted by Gasteiger charge is -2.32. The van der Waals surface area contributed by atoms with Crippen molar-refractivity contribution in [3.05, 3.63) is 0 Å². The highest BCUT2D eigenvalue weighted by molar-refractivity contribution is 4.79. The average Bonchev–Trinajstić information content (AvgIpc) is 2.06. The molecule has 1 aliphatic rings. The minimum Gasteiger partial charge on any atom is -0.365 e. The van der Waals surface area contributed by atoms with Crippen molar-refractivity contribution in [2.75, 3.05) is 20.2 Å². The van der Waals surface area contributed by atoms with E-state index >= 15 is 0 Å². The van der Waals surface area contributed by atoms with Gasteiger partial charge < -0.3 is 10.1 Å². The molecule has 0 amide bonds. The normalized spacial score (nSPS) is 32.2. The van der Waals surface area contributed by atoms with Gasteiger partial charge in [-0.25, -0.2) is 0 Å². The van der Waals surface area contributed by atoms with E-state index in [4.69, 9.17) is 4.74 Å². The fourth-order valence-corrected chi connectivity index (χ4v) is 1.53. The third-order valence-corrected chi connectivity index (χ3v) is 2.10. The summed E-state index contributed by atoms with van der Waals surface area (Å²) in [5.74, 6) is 0. The second-order valence-corrected chi connectivity index (χ2v) is 2.96. The van der Waals surface area contributed by atoms with E-state index < -0.39 is 0 Å². The Morgan fingerprint density at radius 2 is 2.09 bits per heavy atom. The van der Waals surface area contributed by atoms with E-state index in [2.05, 4.69) is 17.6 Å². The van der Waals surface area contributed by atoms with E-state index in [0.29, 0.717) is 6.04 Å². The predicted octanol–water partition coefficient (Wildman–Crippen LogP) is 0.320. The highest BCUT2D eigenvalue weighted by Gasteiger charge is 2.22. The first-order chi connectivity index (χ1) is 5.38. The lowest BCUT2D eigenvalue weighted by atomic mass is 10.1. The number of rotatable bonds is 3. The topological polar surface area (TPSA) is 33.3 Å². The van der Waals surface area contributed by atoms with E-state index in [0.717, 1.165) is 13.1 Å². The zero-order chi connectivity index (χ0) is 8.10. The molecule has 3 heteroatoms. The Balaban J connectivity index is 2.31. The van der Waals surface area contributed by atoms with Crippen LogP contribution in [0.25, 0.3) is 0 Å². The summed E-state index contributed by atoms with van der Waals surface area (Å²) in [5, 5.41) is 6.75. The molecule has 0 aliphatic carbocycles. The molecule has 0 saturated carbocycles. The van der Waals surface area contributed by atoms with Crippen LogP contribution in [0.2, 0.25) is 0 Å². The number of hydrogen-bond donors (Lipinski definition) is 2. The SMILES string of the molecule is CCC[C@@H]1NCCN[C@@H]1OC. The molecule has 66 valence electrons. The van der Waals surface area contributed by atoms with Crippen molar-refractivity contribution in [3.8, 4) is 0 Å². The molecule has 2 N–H and O–H groups in total. The number of piperazine rings is 1. The van der Waals surface area contributed by atoms with Gasteiger partial charge in [-0.05, 0) is 6.42 Å². The Bertz CT molecular complexity index is 106. The summed E-state index contributed by atoms with van der Waals surface area (Å²) in [5.41, 5.74) is 0. The molecule has 0 aromatic heterocycles. The quantitative estimate of drug-likeness (QED) is 0.620. The highest BCUT2D eigenvalue weighted by atomic mass is 16.5. The summed E-state index contributed by atoms with van der Waals surface area (Å²) in [7, 11) is 1.76. The number of ether oxygens (including phenoxy) is 1. The molecule has 0 radical (unpaired) electrons. The minimum atomic E-state index is 0.212. The fourth-order valence-electron chi connectivity index (χ4n) is 1.53.